The summed E-state index contributed by atoms with van der Waals surface area (Å²) < 4.78 is 5.30. The Balaban J connectivity index is 1.71. The lowest BCUT2D eigenvalue weighted by Crippen LogP contribution is -2.07. The third-order valence-electron chi connectivity index (χ3n) is 5.03. The first-order valence-electron chi connectivity index (χ1n) is 8.81. The Morgan fingerprint density at radius 3 is 2.37 bits per heavy atom. The van der Waals surface area contributed by atoms with Gasteiger partial charge < -0.3 is 10.1 Å². The van der Waals surface area contributed by atoms with Gasteiger partial charge >= 0.3 is 0 Å². The quantitative estimate of drug-likeness (QED) is 0.640. The van der Waals surface area contributed by atoms with E-state index in [0.29, 0.717) is 0 Å². The highest BCUT2D eigenvalue weighted by atomic mass is 32.2. The van der Waals surface area contributed by atoms with E-state index in [2.05, 4.69) is 17.4 Å². The van der Waals surface area contributed by atoms with Gasteiger partial charge in [0.1, 0.15) is 5.75 Å². The van der Waals surface area contributed by atoms with E-state index in [4.69, 9.17) is 4.74 Å². The normalized spacial score (nSPS) is 17.5. The molecule has 0 radical (unpaired) electrons. The number of hydrogen-bond acceptors (Lipinski definition) is 4. The number of ketones is 1. The van der Waals surface area contributed by atoms with Gasteiger partial charge in [-0.1, -0.05) is 48.5 Å². The summed E-state index contributed by atoms with van der Waals surface area (Å²) in [4.78, 5) is 14.4. The van der Waals surface area contributed by atoms with Crippen LogP contribution in [-0.4, -0.2) is 12.9 Å². The molecule has 4 heteroatoms. The topological polar surface area (TPSA) is 38.3 Å². The molecule has 1 atom stereocenters. The molecular weight excluding hydrogens is 354 g/mol. The van der Waals surface area contributed by atoms with Gasteiger partial charge in [0.15, 0.2) is 5.78 Å². The Morgan fingerprint density at radius 1 is 0.889 bits per heavy atom. The van der Waals surface area contributed by atoms with Gasteiger partial charge in [-0.2, -0.15) is 0 Å². The summed E-state index contributed by atoms with van der Waals surface area (Å²) in [6, 6.07) is 24.0. The van der Waals surface area contributed by atoms with Crippen LogP contribution in [0.15, 0.2) is 83.3 Å². The Labute approximate surface area is 162 Å². The van der Waals surface area contributed by atoms with E-state index < -0.39 is 0 Å². The van der Waals surface area contributed by atoms with Crippen molar-refractivity contribution in [2.24, 2.45) is 0 Å². The van der Waals surface area contributed by atoms with Crippen LogP contribution < -0.4 is 10.1 Å². The number of benzene rings is 3. The highest BCUT2D eigenvalue weighted by Crippen LogP contribution is 2.52. The van der Waals surface area contributed by atoms with E-state index in [9.17, 15) is 4.79 Å². The van der Waals surface area contributed by atoms with Crippen molar-refractivity contribution >= 4 is 28.9 Å². The van der Waals surface area contributed by atoms with Crippen molar-refractivity contribution in [3.05, 3.63) is 95.1 Å². The van der Waals surface area contributed by atoms with E-state index in [-0.39, 0.29) is 11.0 Å². The minimum atomic E-state index is -0.0815. The molecule has 3 nitrogen and oxygen atoms in total. The number of carbonyl (C=O) groups excluding carboxylic acids is 1. The standard InChI is InChI=1S/C23H17NO2S/c1-26-15-12-10-14(11-13-15)23-20-21(16-6-2-3-7-17(16)22(20)25)24-18-8-4-5-9-19(18)27-23/h2-13,23-24H,1H3. The second-order valence-electron chi connectivity index (χ2n) is 6.56. The van der Waals surface area contributed by atoms with Crippen LogP contribution in [-0.2, 0) is 0 Å². The number of nitrogens with one attached hydrogen (secondary N) is 1. The summed E-state index contributed by atoms with van der Waals surface area (Å²) in [6.45, 7) is 0. The predicted molar refractivity (Wildman–Crippen MR) is 109 cm³/mol. The van der Waals surface area contributed by atoms with E-state index in [1.807, 2.05) is 60.7 Å². The molecule has 132 valence electrons. The van der Waals surface area contributed by atoms with Crippen LogP contribution in [0.4, 0.5) is 5.69 Å². The highest BCUT2D eigenvalue weighted by molar-refractivity contribution is 8.00. The molecule has 0 saturated heterocycles. The van der Waals surface area contributed by atoms with Crippen LogP contribution in [0.3, 0.4) is 0 Å². The molecule has 0 aromatic heterocycles. The number of Topliss-reactive ketones (excluding diaryl/α,β-unsaturated/α-hetero) is 1. The molecule has 1 aliphatic heterocycles. The lowest BCUT2D eigenvalue weighted by atomic mass is 10.0. The van der Waals surface area contributed by atoms with E-state index >= 15 is 0 Å². The fourth-order valence-corrected chi connectivity index (χ4v) is 4.99. The molecule has 3 aromatic rings. The fourth-order valence-electron chi connectivity index (χ4n) is 3.69. The first-order valence-corrected chi connectivity index (χ1v) is 9.69. The first-order chi connectivity index (χ1) is 13.3. The fraction of sp³-hybridized carbons (Fsp3) is 0.0870. The van der Waals surface area contributed by atoms with Crippen LogP contribution in [0.5, 0.6) is 5.75 Å². The number of fused-ring (bicyclic) bond motifs is 3. The lowest BCUT2D eigenvalue weighted by Gasteiger charge is -2.17. The molecule has 3 aromatic carbocycles. The molecule has 0 bridgehead atoms. The van der Waals surface area contributed by atoms with Gasteiger partial charge in [-0.15, -0.1) is 11.8 Å². The highest BCUT2D eigenvalue weighted by Gasteiger charge is 2.37. The molecule has 0 saturated carbocycles. The Kier molecular flexibility index (Phi) is 3.80. The Hall–Kier alpha value is -2.98. The molecule has 27 heavy (non-hydrogen) atoms. The van der Waals surface area contributed by atoms with Gasteiger partial charge in [0.2, 0.25) is 0 Å². The van der Waals surface area contributed by atoms with E-state index in [1.165, 1.54) is 0 Å². The summed E-state index contributed by atoms with van der Waals surface area (Å²) in [7, 11) is 1.66. The van der Waals surface area contributed by atoms with Gasteiger partial charge in [0.25, 0.3) is 0 Å². The predicted octanol–water partition coefficient (Wildman–Crippen LogP) is 5.56. The molecule has 2 aliphatic rings. The molecule has 1 N–H and O–H groups in total. The maximum Gasteiger partial charge on any atom is 0.193 e. The number of rotatable bonds is 2. The summed E-state index contributed by atoms with van der Waals surface area (Å²) in [5.74, 6) is 0.917. The smallest absolute Gasteiger partial charge is 0.193 e. The molecule has 5 rings (SSSR count). The molecule has 0 amide bonds. The van der Waals surface area contributed by atoms with Crippen molar-refractivity contribution in [1.82, 2.24) is 0 Å². The number of para-hydroxylation sites is 1. The molecule has 0 spiro atoms. The SMILES string of the molecule is COc1ccc(C2Sc3ccccc3NC3=C2C(=O)c2ccccc23)cc1. The van der Waals surface area contributed by atoms with Crippen LogP contribution in [0, 0.1) is 0 Å². The number of anilines is 1. The minimum Gasteiger partial charge on any atom is -0.497 e. The van der Waals surface area contributed by atoms with E-state index in [0.717, 1.165) is 44.3 Å². The summed E-state index contributed by atoms with van der Waals surface area (Å²) >= 11 is 1.71. The average molecular weight is 371 g/mol. The zero-order valence-electron chi connectivity index (χ0n) is 14.7. The van der Waals surface area contributed by atoms with Crippen molar-refractivity contribution < 1.29 is 9.53 Å². The van der Waals surface area contributed by atoms with Crippen molar-refractivity contribution in [3.8, 4) is 5.75 Å². The van der Waals surface area contributed by atoms with Crippen LogP contribution in [0.25, 0.3) is 5.70 Å². The van der Waals surface area contributed by atoms with Gasteiger partial charge in [-0.3, -0.25) is 4.79 Å². The number of methoxy groups -OCH3 is 1. The van der Waals surface area contributed by atoms with Crippen LogP contribution in [0.1, 0.15) is 26.7 Å². The van der Waals surface area contributed by atoms with Gasteiger partial charge in [0, 0.05) is 21.6 Å². The monoisotopic (exact) mass is 371 g/mol. The van der Waals surface area contributed by atoms with Crippen molar-refractivity contribution in [2.45, 2.75) is 10.1 Å². The third kappa shape index (κ3) is 2.56. The number of hydrogen-bond donors (Lipinski definition) is 1. The maximum atomic E-state index is 13.3. The number of carbonyl (C=O) groups is 1. The molecule has 1 aliphatic carbocycles. The minimum absolute atomic E-state index is 0.0815. The van der Waals surface area contributed by atoms with Gasteiger partial charge in [0.05, 0.1) is 23.7 Å². The zero-order valence-corrected chi connectivity index (χ0v) is 15.5. The molecular formula is C23H17NO2S. The molecule has 0 fully saturated rings. The Morgan fingerprint density at radius 2 is 1.59 bits per heavy atom. The average Bonchev–Trinajstić information content (AvgIpc) is 2.88. The summed E-state index contributed by atoms with van der Waals surface area (Å²) in [6.07, 6.45) is 0. The molecule has 1 unspecified atom stereocenters. The van der Waals surface area contributed by atoms with E-state index in [1.54, 1.807) is 18.9 Å². The van der Waals surface area contributed by atoms with Gasteiger partial charge in [-0.25, -0.2) is 0 Å². The summed E-state index contributed by atoms with van der Waals surface area (Å²) in [5, 5.41) is 3.46. The third-order valence-corrected chi connectivity index (χ3v) is 6.38. The molecule has 1 heterocycles. The van der Waals surface area contributed by atoms with Crippen molar-refractivity contribution in [1.29, 1.82) is 0 Å². The second-order valence-corrected chi connectivity index (χ2v) is 7.70. The number of thioether (sulfide) groups is 1. The first kappa shape index (κ1) is 16.2. The Bertz CT molecular complexity index is 1090. The summed E-state index contributed by atoms with van der Waals surface area (Å²) in [5.41, 5.74) is 5.63. The van der Waals surface area contributed by atoms with Crippen molar-refractivity contribution in [3.63, 3.8) is 0 Å². The number of ether oxygens (including phenoxy) is 1. The zero-order chi connectivity index (χ0) is 18.4. The largest absolute Gasteiger partial charge is 0.497 e. The maximum absolute atomic E-state index is 13.3. The van der Waals surface area contributed by atoms with Crippen molar-refractivity contribution in [2.75, 3.05) is 12.4 Å². The van der Waals surface area contributed by atoms with Crippen LogP contribution >= 0.6 is 11.8 Å². The second kappa shape index (κ2) is 6.32. The van der Waals surface area contributed by atoms with Gasteiger partial charge in [-0.05, 0) is 29.8 Å². The van der Waals surface area contributed by atoms with Crippen LogP contribution in [0.2, 0.25) is 0 Å². The lowest BCUT2D eigenvalue weighted by molar-refractivity contribution is 0.103.